The highest BCUT2D eigenvalue weighted by Crippen LogP contribution is 2.31. The number of anilines is 1. The second kappa shape index (κ2) is 9.07. The Hall–Kier alpha value is -3.28. The number of carbonyl (C=O) groups excluding carboxylic acids is 1. The largest absolute Gasteiger partial charge is 0.297 e. The highest BCUT2D eigenvalue weighted by molar-refractivity contribution is 6.54. The Balaban J connectivity index is 1.29. The summed E-state index contributed by atoms with van der Waals surface area (Å²) in [6.07, 6.45) is 0. The zero-order valence-corrected chi connectivity index (χ0v) is 18.4. The van der Waals surface area contributed by atoms with Crippen molar-refractivity contribution in [1.82, 2.24) is 9.80 Å². The van der Waals surface area contributed by atoms with Crippen molar-refractivity contribution in [3.05, 3.63) is 95.6 Å². The normalized spacial score (nSPS) is 18.3. The average Bonchev–Trinajstić information content (AvgIpc) is 3.07. The lowest BCUT2D eigenvalue weighted by Gasteiger charge is -2.36. The molecule has 0 spiro atoms. The number of aliphatic imine (C=N–C) groups is 1. The first-order valence-corrected chi connectivity index (χ1v) is 11.2. The van der Waals surface area contributed by atoms with Crippen molar-refractivity contribution in [2.75, 3.05) is 37.7 Å². The number of para-hydroxylation sites is 1. The summed E-state index contributed by atoms with van der Waals surface area (Å²) in [5.74, 6) is -0.0144. The fraction of sp³-hybridized carbons (Fsp3) is 0.259. The molecule has 0 unspecified atom stereocenters. The molecule has 0 N–H and O–H groups in total. The van der Waals surface area contributed by atoms with Crippen molar-refractivity contribution < 1.29 is 4.79 Å². The summed E-state index contributed by atoms with van der Waals surface area (Å²) in [5, 5.41) is 0. The zero-order valence-electron chi connectivity index (χ0n) is 18.4. The number of amides is 1. The van der Waals surface area contributed by atoms with Gasteiger partial charge in [0, 0.05) is 38.3 Å². The number of fused-ring (bicyclic) bond motifs is 1. The van der Waals surface area contributed by atoms with Crippen LogP contribution >= 0.6 is 0 Å². The molecular weight excluding hydrogens is 396 g/mol. The fourth-order valence-electron chi connectivity index (χ4n) is 4.47. The molecule has 32 heavy (non-hydrogen) atoms. The minimum Gasteiger partial charge on any atom is -0.297 e. The van der Waals surface area contributed by atoms with E-state index in [0.717, 1.165) is 55.2 Å². The second-order valence-corrected chi connectivity index (χ2v) is 8.57. The second-order valence-electron chi connectivity index (χ2n) is 8.57. The summed E-state index contributed by atoms with van der Waals surface area (Å²) in [4.78, 5) is 24.9. The molecule has 2 aliphatic heterocycles. The average molecular weight is 425 g/mol. The molecule has 0 atom stereocenters. The first-order chi connectivity index (χ1) is 15.7. The van der Waals surface area contributed by atoms with E-state index in [4.69, 9.17) is 4.99 Å². The standard InChI is InChI=1S/C27H28N4O/c1-21-8-7-11-23(18-21)28-26-24-12-5-6-13-25(24)31(27(26)32)20-30-16-14-29(15-17-30)19-22-9-3-2-4-10-22/h2-13,18H,14-17,19-20H2,1H3. The number of nitrogens with zero attached hydrogens (tertiary/aromatic N) is 4. The molecule has 0 saturated carbocycles. The molecule has 1 saturated heterocycles. The van der Waals surface area contributed by atoms with Gasteiger partial charge in [-0.3, -0.25) is 19.5 Å². The molecule has 5 nitrogen and oxygen atoms in total. The topological polar surface area (TPSA) is 39.2 Å². The Kier molecular flexibility index (Phi) is 5.84. The number of hydrogen-bond donors (Lipinski definition) is 0. The third kappa shape index (κ3) is 4.35. The van der Waals surface area contributed by atoms with E-state index < -0.39 is 0 Å². The first-order valence-electron chi connectivity index (χ1n) is 11.2. The molecule has 3 aromatic rings. The molecule has 5 rings (SSSR count). The van der Waals surface area contributed by atoms with Crippen molar-refractivity contribution in [1.29, 1.82) is 0 Å². The van der Waals surface area contributed by atoms with Gasteiger partial charge in [0.2, 0.25) is 0 Å². The van der Waals surface area contributed by atoms with Crippen molar-refractivity contribution in [2.24, 2.45) is 4.99 Å². The van der Waals surface area contributed by atoms with Crippen molar-refractivity contribution in [3.8, 4) is 0 Å². The van der Waals surface area contributed by atoms with Crippen LogP contribution in [0, 0.1) is 6.92 Å². The Morgan fingerprint density at radius 3 is 2.31 bits per heavy atom. The maximum absolute atomic E-state index is 13.4. The highest BCUT2D eigenvalue weighted by atomic mass is 16.2. The van der Waals surface area contributed by atoms with Gasteiger partial charge < -0.3 is 0 Å². The Bertz CT molecular complexity index is 1130. The minimum atomic E-state index is -0.0144. The number of hydrogen-bond acceptors (Lipinski definition) is 4. The maximum atomic E-state index is 13.4. The van der Waals surface area contributed by atoms with Gasteiger partial charge in [-0.05, 0) is 36.2 Å². The first kappa shape index (κ1) is 20.6. The lowest BCUT2D eigenvalue weighted by molar-refractivity contribution is -0.112. The van der Waals surface area contributed by atoms with Gasteiger partial charge >= 0.3 is 0 Å². The molecule has 0 aliphatic carbocycles. The van der Waals surface area contributed by atoms with Crippen molar-refractivity contribution in [2.45, 2.75) is 13.5 Å². The van der Waals surface area contributed by atoms with Crippen molar-refractivity contribution >= 4 is 23.0 Å². The van der Waals surface area contributed by atoms with Crippen LogP contribution < -0.4 is 4.90 Å². The van der Waals surface area contributed by atoms with Gasteiger partial charge in [0.1, 0.15) is 5.71 Å². The molecule has 0 aromatic heterocycles. The van der Waals surface area contributed by atoms with Crippen LogP contribution in [0.25, 0.3) is 0 Å². The van der Waals surface area contributed by atoms with Crippen LogP contribution in [0.15, 0.2) is 83.9 Å². The summed E-state index contributed by atoms with van der Waals surface area (Å²) in [6, 6.07) is 26.6. The molecule has 2 heterocycles. The van der Waals surface area contributed by atoms with E-state index in [9.17, 15) is 4.79 Å². The quantitative estimate of drug-likeness (QED) is 0.615. The Labute approximate surface area is 189 Å². The monoisotopic (exact) mass is 424 g/mol. The molecule has 2 aliphatic rings. The number of rotatable bonds is 5. The summed E-state index contributed by atoms with van der Waals surface area (Å²) >= 11 is 0. The van der Waals surface area contributed by atoms with Crippen molar-refractivity contribution in [3.63, 3.8) is 0 Å². The zero-order chi connectivity index (χ0) is 21.9. The van der Waals surface area contributed by atoms with Crippen LogP contribution in [0.3, 0.4) is 0 Å². The van der Waals surface area contributed by atoms with Gasteiger partial charge in [0.05, 0.1) is 18.0 Å². The summed E-state index contributed by atoms with van der Waals surface area (Å²) in [6.45, 7) is 7.52. The molecule has 3 aromatic carbocycles. The lowest BCUT2D eigenvalue weighted by atomic mass is 10.1. The lowest BCUT2D eigenvalue weighted by Crippen LogP contribution is -2.50. The van der Waals surface area contributed by atoms with Gasteiger partial charge in [-0.25, -0.2) is 4.99 Å². The van der Waals surface area contributed by atoms with E-state index in [2.05, 4.69) is 40.1 Å². The smallest absolute Gasteiger partial charge is 0.278 e. The van der Waals surface area contributed by atoms with E-state index in [1.54, 1.807) is 0 Å². The van der Waals surface area contributed by atoms with Crippen LogP contribution in [0.1, 0.15) is 16.7 Å². The summed E-state index contributed by atoms with van der Waals surface area (Å²) < 4.78 is 0. The number of carbonyl (C=O) groups is 1. The SMILES string of the molecule is Cc1cccc(N=C2C(=O)N(CN3CCN(Cc4ccccc4)CC3)c3ccccc32)c1. The molecule has 1 amide bonds. The predicted molar refractivity (Wildman–Crippen MR) is 129 cm³/mol. The Morgan fingerprint density at radius 1 is 0.812 bits per heavy atom. The maximum Gasteiger partial charge on any atom is 0.278 e. The predicted octanol–water partition coefficient (Wildman–Crippen LogP) is 4.24. The van der Waals surface area contributed by atoms with E-state index in [-0.39, 0.29) is 5.91 Å². The van der Waals surface area contributed by atoms with E-state index >= 15 is 0 Å². The Morgan fingerprint density at radius 2 is 1.53 bits per heavy atom. The van der Waals surface area contributed by atoms with Crippen LogP contribution in [0.5, 0.6) is 0 Å². The van der Waals surface area contributed by atoms with Gasteiger partial charge in [0.25, 0.3) is 5.91 Å². The third-order valence-corrected chi connectivity index (χ3v) is 6.20. The molecule has 5 heteroatoms. The van der Waals surface area contributed by atoms with E-state index in [1.165, 1.54) is 5.56 Å². The van der Waals surface area contributed by atoms with E-state index in [0.29, 0.717) is 12.4 Å². The van der Waals surface area contributed by atoms with Crippen LogP contribution in [0.4, 0.5) is 11.4 Å². The molecule has 1 fully saturated rings. The van der Waals surface area contributed by atoms with Gasteiger partial charge in [-0.2, -0.15) is 0 Å². The number of piperazine rings is 1. The minimum absolute atomic E-state index is 0.0144. The van der Waals surface area contributed by atoms with Crippen LogP contribution in [-0.2, 0) is 11.3 Å². The van der Waals surface area contributed by atoms with E-state index in [1.807, 2.05) is 60.4 Å². The third-order valence-electron chi connectivity index (χ3n) is 6.20. The molecule has 0 bridgehead atoms. The number of aryl methyl sites for hydroxylation is 1. The van der Waals surface area contributed by atoms with Gasteiger partial charge in [-0.1, -0.05) is 60.7 Å². The van der Waals surface area contributed by atoms with Gasteiger partial charge in [-0.15, -0.1) is 0 Å². The summed E-state index contributed by atoms with van der Waals surface area (Å²) in [5.41, 5.74) is 5.71. The fourth-order valence-corrected chi connectivity index (χ4v) is 4.47. The van der Waals surface area contributed by atoms with Gasteiger partial charge in [0.15, 0.2) is 0 Å². The molecular formula is C27H28N4O. The van der Waals surface area contributed by atoms with Crippen LogP contribution in [-0.4, -0.2) is 54.3 Å². The molecule has 162 valence electrons. The molecule has 0 radical (unpaired) electrons. The number of benzene rings is 3. The highest BCUT2D eigenvalue weighted by Gasteiger charge is 2.35. The van der Waals surface area contributed by atoms with Crippen LogP contribution in [0.2, 0.25) is 0 Å². The summed E-state index contributed by atoms with van der Waals surface area (Å²) in [7, 11) is 0.